The lowest BCUT2D eigenvalue weighted by atomic mass is 10.2. The first-order valence-corrected chi connectivity index (χ1v) is 6.38. The molecule has 2 N–H and O–H groups in total. The lowest BCUT2D eigenvalue weighted by molar-refractivity contribution is -0.138. The van der Waals surface area contributed by atoms with Crippen molar-refractivity contribution in [2.45, 2.75) is 12.6 Å². The van der Waals surface area contributed by atoms with Crippen LogP contribution in [-0.4, -0.2) is 32.2 Å². The number of aliphatic imine (C=N–C) groups is 1. The molecule has 0 fully saturated rings. The molecule has 0 radical (unpaired) electrons. The Morgan fingerprint density at radius 3 is 2.71 bits per heavy atom. The van der Waals surface area contributed by atoms with Gasteiger partial charge in [-0.2, -0.15) is 13.2 Å². The van der Waals surface area contributed by atoms with Crippen LogP contribution in [0.1, 0.15) is 12.0 Å². The minimum Gasteiger partial charge on any atom is -0.491 e. The topological polar surface area (TPSA) is 45.6 Å². The van der Waals surface area contributed by atoms with Gasteiger partial charge in [-0.1, -0.05) is 12.1 Å². The van der Waals surface area contributed by atoms with Crippen LogP contribution in [0, 0.1) is 0 Å². The zero-order valence-corrected chi connectivity index (χ0v) is 13.6. The Morgan fingerprint density at radius 1 is 1.29 bits per heavy atom. The lowest BCUT2D eigenvalue weighted by Crippen LogP contribution is -2.42. The van der Waals surface area contributed by atoms with Crippen molar-refractivity contribution in [3.8, 4) is 5.75 Å². The van der Waals surface area contributed by atoms with Crippen molar-refractivity contribution in [3.05, 3.63) is 29.8 Å². The summed E-state index contributed by atoms with van der Waals surface area (Å²) in [5.74, 6) is 0.518. The second-order valence-corrected chi connectivity index (χ2v) is 4.28. The summed E-state index contributed by atoms with van der Waals surface area (Å²) in [6, 6.07) is 5.19. The van der Waals surface area contributed by atoms with Crippen LogP contribution in [0.2, 0.25) is 0 Å². The van der Waals surface area contributed by atoms with E-state index in [-0.39, 0.29) is 36.3 Å². The Hall–Kier alpha value is -1.19. The quantitative estimate of drug-likeness (QED) is 0.588. The minimum atomic E-state index is -4.40. The number of nitrogens with one attached hydrogen (secondary N) is 2. The maximum atomic E-state index is 12.7. The molecule has 0 atom stereocenters. The molecule has 0 spiro atoms. The van der Waals surface area contributed by atoms with Gasteiger partial charge in [-0.05, 0) is 18.6 Å². The van der Waals surface area contributed by atoms with Gasteiger partial charge in [0, 0.05) is 13.1 Å². The van der Waals surface area contributed by atoms with Crippen molar-refractivity contribution in [3.63, 3.8) is 0 Å². The molecule has 118 valence electrons. The molecule has 0 aliphatic carbocycles. The lowest BCUT2D eigenvalue weighted by Gasteiger charge is -2.17. The highest BCUT2D eigenvalue weighted by Gasteiger charge is 2.33. The van der Waals surface area contributed by atoms with Crippen LogP contribution < -0.4 is 15.4 Å². The third-order valence-electron chi connectivity index (χ3n) is 2.74. The summed E-state index contributed by atoms with van der Waals surface area (Å²) in [5.41, 5.74) is -0.756. The smallest absolute Gasteiger partial charge is 0.419 e. The molecule has 8 heteroatoms. The zero-order valence-electron chi connectivity index (χ0n) is 11.2. The summed E-state index contributed by atoms with van der Waals surface area (Å²) < 4.78 is 43.4. The largest absolute Gasteiger partial charge is 0.491 e. The van der Waals surface area contributed by atoms with Gasteiger partial charge in [-0.25, -0.2) is 0 Å². The molecule has 1 aromatic carbocycles. The number of halogens is 4. The number of alkyl halides is 3. The molecule has 0 saturated carbocycles. The maximum Gasteiger partial charge on any atom is 0.419 e. The average Bonchev–Trinajstić information content (AvgIpc) is 2.44. The van der Waals surface area contributed by atoms with E-state index < -0.39 is 11.7 Å². The molecule has 1 aliphatic heterocycles. The summed E-state index contributed by atoms with van der Waals surface area (Å²) in [6.45, 7) is 2.13. The van der Waals surface area contributed by atoms with E-state index in [1.54, 1.807) is 0 Å². The summed E-state index contributed by atoms with van der Waals surface area (Å²) in [5, 5.41) is 6.04. The second-order valence-electron chi connectivity index (χ2n) is 4.28. The molecule has 21 heavy (non-hydrogen) atoms. The van der Waals surface area contributed by atoms with Crippen LogP contribution in [-0.2, 0) is 6.18 Å². The van der Waals surface area contributed by atoms with Crippen LogP contribution >= 0.6 is 24.0 Å². The van der Waals surface area contributed by atoms with E-state index in [0.717, 1.165) is 25.6 Å². The van der Waals surface area contributed by atoms with Gasteiger partial charge in [0.15, 0.2) is 5.96 Å². The number of para-hydroxylation sites is 1. The SMILES string of the molecule is FC(F)(F)c1ccccc1OCCNC1=NCCCN1.I. The fourth-order valence-electron chi connectivity index (χ4n) is 1.81. The van der Waals surface area contributed by atoms with Crippen molar-refractivity contribution >= 4 is 29.9 Å². The normalized spacial score (nSPS) is 14.5. The molecule has 4 nitrogen and oxygen atoms in total. The zero-order chi connectivity index (χ0) is 14.4. The van der Waals surface area contributed by atoms with Crippen molar-refractivity contribution in [2.24, 2.45) is 4.99 Å². The first kappa shape index (κ1) is 17.9. The second kappa shape index (κ2) is 8.30. The van der Waals surface area contributed by atoms with Crippen molar-refractivity contribution in [1.29, 1.82) is 0 Å². The molecule has 0 aromatic heterocycles. The van der Waals surface area contributed by atoms with E-state index in [2.05, 4.69) is 15.6 Å². The van der Waals surface area contributed by atoms with E-state index in [0.29, 0.717) is 12.5 Å². The number of ether oxygens (including phenoxy) is 1. The number of guanidine groups is 1. The van der Waals surface area contributed by atoms with Gasteiger partial charge in [-0.3, -0.25) is 4.99 Å². The van der Waals surface area contributed by atoms with Gasteiger partial charge >= 0.3 is 6.18 Å². The first-order chi connectivity index (χ1) is 9.57. The molecular weight excluding hydrogens is 398 g/mol. The number of rotatable bonds is 4. The van der Waals surface area contributed by atoms with E-state index in [1.807, 2.05) is 0 Å². The van der Waals surface area contributed by atoms with Gasteiger partial charge in [-0.15, -0.1) is 24.0 Å². The standard InChI is InChI=1S/C13H16F3N3O.HI/c14-13(15,16)10-4-1-2-5-11(10)20-9-8-19-12-17-6-3-7-18-12;/h1-2,4-5H,3,6-9H2,(H2,17,18,19);1H. The van der Waals surface area contributed by atoms with Gasteiger partial charge < -0.3 is 15.4 Å². The van der Waals surface area contributed by atoms with Gasteiger partial charge in [0.25, 0.3) is 0 Å². The molecule has 0 amide bonds. The van der Waals surface area contributed by atoms with Crippen LogP contribution in [0.15, 0.2) is 29.3 Å². The summed E-state index contributed by atoms with van der Waals surface area (Å²) >= 11 is 0. The summed E-state index contributed by atoms with van der Waals surface area (Å²) in [7, 11) is 0. The van der Waals surface area contributed by atoms with Gasteiger partial charge in [0.1, 0.15) is 12.4 Å². The Labute approximate surface area is 138 Å². The van der Waals surface area contributed by atoms with Crippen LogP contribution in [0.4, 0.5) is 13.2 Å². The number of hydrogen-bond donors (Lipinski definition) is 2. The first-order valence-electron chi connectivity index (χ1n) is 6.38. The monoisotopic (exact) mass is 415 g/mol. The van der Waals surface area contributed by atoms with Crippen LogP contribution in [0.5, 0.6) is 5.75 Å². The fourth-order valence-corrected chi connectivity index (χ4v) is 1.81. The molecule has 2 rings (SSSR count). The third-order valence-corrected chi connectivity index (χ3v) is 2.74. The van der Waals surface area contributed by atoms with Crippen molar-refractivity contribution < 1.29 is 17.9 Å². The average molecular weight is 415 g/mol. The Kier molecular flexibility index (Phi) is 7.06. The molecule has 1 aromatic rings. The highest BCUT2D eigenvalue weighted by molar-refractivity contribution is 14.0. The number of hydrogen-bond acceptors (Lipinski definition) is 4. The molecule has 0 unspecified atom stereocenters. The highest BCUT2D eigenvalue weighted by Crippen LogP contribution is 2.35. The Morgan fingerprint density at radius 2 is 2.05 bits per heavy atom. The third kappa shape index (κ3) is 5.60. The number of benzene rings is 1. The number of nitrogens with zero attached hydrogens (tertiary/aromatic N) is 1. The van der Waals surface area contributed by atoms with Gasteiger partial charge in [0.05, 0.1) is 12.1 Å². The highest BCUT2D eigenvalue weighted by atomic mass is 127. The molecule has 0 bridgehead atoms. The van der Waals surface area contributed by atoms with Gasteiger partial charge in [0.2, 0.25) is 0 Å². The predicted molar refractivity (Wildman–Crippen MR) is 85.3 cm³/mol. The predicted octanol–water partition coefficient (Wildman–Crippen LogP) is 2.64. The van der Waals surface area contributed by atoms with Crippen molar-refractivity contribution in [1.82, 2.24) is 10.6 Å². The van der Waals surface area contributed by atoms with E-state index in [4.69, 9.17) is 4.74 Å². The van der Waals surface area contributed by atoms with E-state index >= 15 is 0 Å². The Bertz CT molecular complexity index is 480. The summed E-state index contributed by atoms with van der Waals surface area (Å²) in [6.07, 6.45) is -3.42. The van der Waals surface area contributed by atoms with Crippen molar-refractivity contribution in [2.75, 3.05) is 26.2 Å². The summed E-state index contributed by atoms with van der Waals surface area (Å²) in [4.78, 5) is 4.19. The maximum absolute atomic E-state index is 12.7. The van der Waals surface area contributed by atoms with Crippen LogP contribution in [0.25, 0.3) is 0 Å². The molecular formula is C13H17F3IN3O. The molecule has 1 aliphatic rings. The minimum absolute atomic E-state index is 0. The molecule has 1 heterocycles. The Balaban J connectivity index is 0.00000220. The molecule has 0 saturated heterocycles. The van der Waals surface area contributed by atoms with E-state index in [1.165, 1.54) is 18.2 Å². The van der Waals surface area contributed by atoms with Crippen LogP contribution in [0.3, 0.4) is 0 Å². The fraction of sp³-hybridized carbons (Fsp3) is 0.462. The van der Waals surface area contributed by atoms with E-state index in [9.17, 15) is 13.2 Å².